The fourth-order valence-corrected chi connectivity index (χ4v) is 2.47. The minimum absolute atomic E-state index is 0.117. The Kier molecular flexibility index (Phi) is 4.09. The summed E-state index contributed by atoms with van der Waals surface area (Å²) in [6, 6.07) is 7.22. The summed E-state index contributed by atoms with van der Waals surface area (Å²) in [7, 11) is 0. The van der Waals surface area contributed by atoms with Crippen molar-refractivity contribution in [3.63, 3.8) is 0 Å². The highest BCUT2D eigenvalue weighted by molar-refractivity contribution is 6.05. The third-order valence-electron chi connectivity index (χ3n) is 3.68. The van der Waals surface area contributed by atoms with Gasteiger partial charge in [0.25, 0.3) is 0 Å². The molecule has 1 heterocycles. The molecule has 0 atom stereocenters. The number of hydrogen-bond donors (Lipinski definition) is 2. The van der Waals surface area contributed by atoms with Gasteiger partial charge in [-0.1, -0.05) is 38.1 Å². The van der Waals surface area contributed by atoms with Crippen LogP contribution in [-0.2, 0) is 27.3 Å². The lowest BCUT2D eigenvalue weighted by Crippen LogP contribution is -2.34. The second kappa shape index (κ2) is 5.65. The largest absolute Gasteiger partial charge is 0.294 e. The van der Waals surface area contributed by atoms with E-state index in [-0.39, 0.29) is 37.1 Å². The number of nitrogens with two attached hydrogens (primary N) is 1. The van der Waals surface area contributed by atoms with Gasteiger partial charge < -0.3 is 0 Å². The zero-order chi connectivity index (χ0) is 15.6. The van der Waals surface area contributed by atoms with Crippen molar-refractivity contribution in [1.29, 1.82) is 0 Å². The zero-order valence-electron chi connectivity index (χ0n) is 12.2. The number of carbonyl (C=O) groups excluding carboxylic acids is 3. The number of likely N-dealkylation sites (tertiary alicyclic amines) is 1. The summed E-state index contributed by atoms with van der Waals surface area (Å²) in [5, 5.41) is 0. The van der Waals surface area contributed by atoms with E-state index in [1.165, 1.54) is 4.90 Å². The van der Waals surface area contributed by atoms with Gasteiger partial charge in [0.05, 0.1) is 18.4 Å². The first-order valence-electron chi connectivity index (χ1n) is 6.76. The maximum absolute atomic E-state index is 12.2. The van der Waals surface area contributed by atoms with E-state index in [0.29, 0.717) is 0 Å². The Bertz CT molecular complexity index is 596. The van der Waals surface area contributed by atoms with E-state index < -0.39 is 5.41 Å². The Hall–Kier alpha value is -2.21. The van der Waals surface area contributed by atoms with E-state index in [1.54, 1.807) is 26.0 Å². The molecule has 0 unspecified atom stereocenters. The molecule has 0 saturated carbocycles. The molecule has 0 aliphatic carbocycles. The van der Waals surface area contributed by atoms with Gasteiger partial charge >= 0.3 is 0 Å². The SMILES string of the molecule is CC1(C)CC(=O)N(Cc2ccccc2CC(=O)NN)C1=O. The molecule has 6 heteroatoms. The van der Waals surface area contributed by atoms with Gasteiger partial charge in [-0.15, -0.1) is 0 Å². The molecule has 21 heavy (non-hydrogen) atoms. The van der Waals surface area contributed by atoms with Crippen molar-refractivity contribution >= 4 is 17.7 Å². The average Bonchev–Trinajstić information content (AvgIpc) is 2.62. The molecule has 2 rings (SSSR count). The predicted octanol–water partition coefficient (Wildman–Crippen LogP) is 0.504. The van der Waals surface area contributed by atoms with E-state index in [9.17, 15) is 14.4 Å². The van der Waals surface area contributed by atoms with E-state index in [0.717, 1.165) is 11.1 Å². The molecule has 1 aliphatic rings. The van der Waals surface area contributed by atoms with Crippen LogP contribution in [0.25, 0.3) is 0 Å². The minimum Gasteiger partial charge on any atom is -0.294 e. The number of amides is 3. The van der Waals surface area contributed by atoms with Crippen molar-refractivity contribution in [1.82, 2.24) is 10.3 Å². The number of benzene rings is 1. The van der Waals surface area contributed by atoms with Crippen LogP contribution in [0.1, 0.15) is 31.4 Å². The van der Waals surface area contributed by atoms with Crippen LogP contribution in [0.5, 0.6) is 0 Å². The van der Waals surface area contributed by atoms with Gasteiger partial charge in [-0.25, -0.2) is 5.84 Å². The van der Waals surface area contributed by atoms with Crippen molar-refractivity contribution in [2.75, 3.05) is 0 Å². The van der Waals surface area contributed by atoms with Gasteiger partial charge in [-0.05, 0) is 11.1 Å². The molecular formula is C15H19N3O3. The van der Waals surface area contributed by atoms with Gasteiger partial charge in [0, 0.05) is 6.42 Å². The van der Waals surface area contributed by atoms with Crippen LogP contribution in [-0.4, -0.2) is 22.6 Å². The van der Waals surface area contributed by atoms with Gasteiger partial charge in [0.1, 0.15) is 0 Å². The number of hydrazine groups is 1. The third kappa shape index (κ3) is 3.11. The summed E-state index contributed by atoms with van der Waals surface area (Å²) in [5.41, 5.74) is 2.96. The predicted molar refractivity (Wildman–Crippen MR) is 76.4 cm³/mol. The average molecular weight is 289 g/mol. The summed E-state index contributed by atoms with van der Waals surface area (Å²) in [4.78, 5) is 36.9. The minimum atomic E-state index is -0.652. The van der Waals surface area contributed by atoms with Gasteiger partial charge in [-0.3, -0.25) is 24.7 Å². The highest BCUT2D eigenvalue weighted by atomic mass is 16.2. The standard InChI is InChI=1S/C15H19N3O3/c1-15(2)8-13(20)18(14(15)21)9-11-6-4-3-5-10(11)7-12(19)17-16/h3-6H,7-9,16H2,1-2H3,(H,17,19). The Labute approximate surface area is 123 Å². The van der Waals surface area contributed by atoms with Gasteiger partial charge in [-0.2, -0.15) is 0 Å². The number of carbonyl (C=O) groups is 3. The number of hydrogen-bond acceptors (Lipinski definition) is 4. The lowest BCUT2D eigenvalue weighted by atomic mass is 9.92. The monoisotopic (exact) mass is 289 g/mol. The number of rotatable bonds is 4. The first-order valence-corrected chi connectivity index (χ1v) is 6.76. The molecule has 0 aromatic heterocycles. The Morgan fingerprint density at radius 2 is 1.90 bits per heavy atom. The molecular weight excluding hydrogens is 270 g/mol. The molecule has 0 radical (unpaired) electrons. The maximum Gasteiger partial charge on any atom is 0.238 e. The first kappa shape index (κ1) is 15.2. The topological polar surface area (TPSA) is 92.5 Å². The van der Waals surface area contributed by atoms with Crippen molar-refractivity contribution in [3.05, 3.63) is 35.4 Å². The summed E-state index contributed by atoms with van der Waals surface area (Å²) in [6.07, 6.45) is 0.337. The Morgan fingerprint density at radius 1 is 1.29 bits per heavy atom. The van der Waals surface area contributed by atoms with Crippen LogP contribution in [0.15, 0.2) is 24.3 Å². The molecule has 3 N–H and O–H groups in total. The van der Waals surface area contributed by atoms with Crippen LogP contribution in [0, 0.1) is 5.41 Å². The summed E-state index contributed by atoms with van der Waals surface area (Å²) in [6.45, 7) is 3.72. The first-order chi connectivity index (χ1) is 9.85. The van der Waals surface area contributed by atoms with Crippen molar-refractivity contribution in [2.45, 2.75) is 33.2 Å². The summed E-state index contributed by atoms with van der Waals surface area (Å²) >= 11 is 0. The van der Waals surface area contributed by atoms with Crippen LogP contribution in [0.4, 0.5) is 0 Å². The zero-order valence-corrected chi connectivity index (χ0v) is 12.2. The molecule has 3 amide bonds. The van der Waals surface area contributed by atoms with Gasteiger partial charge in [0.2, 0.25) is 17.7 Å². The lowest BCUT2D eigenvalue weighted by Gasteiger charge is -2.19. The molecule has 1 saturated heterocycles. The third-order valence-corrected chi connectivity index (χ3v) is 3.68. The maximum atomic E-state index is 12.2. The van der Waals surface area contributed by atoms with E-state index in [4.69, 9.17) is 5.84 Å². The molecule has 1 fully saturated rings. The summed E-state index contributed by atoms with van der Waals surface area (Å²) < 4.78 is 0. The van der Waals surface area contributed by atoms with Crippen LogP contribution < -0.4 is 11.3 Å². The second-order valence-electron chi connectivity index (χ2n) is 5.86. The second-order valence-corrected chi connectivity index (χ2v) is 5.86. The molecule has 1 aromatic rings. The Morgan fingerprint density at radius 3 is 2.43 bits per heavy atom. The van der Waals surface area contributed by atoms with Crippen LogP contribution in [0.3, 0.4) is 0 Å². The van der Waals surface area contributed by atoms with E-state index >= 15 is 0 Å². The molecule has 0 bridgehead atoms. The molecule has 1 aromatic carbocycles. The van der Waals surface area contributed by atoms with E-state index in [2.05, 4.69) is 5.43 Å². The van der Waals surface area contributed by atoms with Crippen LogP contribution >= 0.6 is 0 Å². The van der Waals surface area contributed by atoms with Crippen molar-refractivity contribution < 1.29 is 14.4 Å². The van der Waals surface area contributed by atoms with Crippen molar-refractivity contribution in [3.8, 4) is 0 Å². The van der Waals surface area contributed by atoms with Crippen LogP contribution in [0.2, 0.25) is 0 Å². The van der Waals surface area contributed by atoms with Gasteiger partial charge in [0.15, 0.2) is 0 Å². The quantitative estimate of drug-likeness (QED) is 0.365. The molecule has 0 spiro atoms. The normalized spacial score (nSPS) is 17.2. The lowest BCUT2D eigenvalue weighted by molar-refractivity contribution is -0.141. The number of imide groups is 1. The van der Waals surface area contributed by atoms with Crippen molar-refractivity contribution in [2.24, 2.45) is 11.3 Å². The number of nitrogens with one attached hydrogen (secondary N) is 1. The molecule has 1 aliphatic heterocycles. The Balaban J connectivity index is 2.22. The fourth-order valence-electron chi connectivity index (χ4n) is 2.47. The molecule has 112 valence electrons. The van der Waals surface area contributed by atoms with E-state index in [1.807, 2.05) is 12.1 Å². The fraction of sp³-hybridized carbons (Fsp3) is 0.400. The number of nitrogens with zero attached hydrogens (tertiary/aromatic N) is 1. The highest BCUT2D eigenvalue weighted by Crippen LogP contribution is 2.32. The summed E-state index contributed by atoms with van der Waals surface area (Å²) in [5.74, 6) is 4.42. The smallest absolute Gasteiger partial charge is 0.238 e. The highest BCUT2D eigenvalue weighted by Gasteiger charge is 2.44. The molecule has 6 nitrogen and oxygen atoms in total.